The van der Waals surface area contributed by atoms with Crippen LogP contribution in [0.5, 0.6) is 11.5 Å². The molecule has 3 rings (SSSR count). The SMILES string of the molecule is CC(NC(=O)C1CCCC1N)c1ccc2c(c1)OCO2.Cl. The molecule has 21 heavy (non-hydrogen) atoms. The smallest absolute Gasteiger partial charge is 0.231 e. The number of rotatable bonds is 3. The number of carbonyl (C=O) groups excluding carboxylic acids is 1. The van der Waals surface area contributed by atoms with E-state index in [0.717, 1.165) is 36.3 Å². The number of nitrogens with two attached hydrogens (primary N) is 1. The zero-order valence-corrected chi connectivity index (χ0v) is 12.8. The van der Waals surface area contributed by atoms with E-state index >= 15 is 0 Å². The van der Waals surface area contributed by atoms with Gasteiger partial charge in [-0.1, -0.05) is 12.5 Å². The van der Waals surface area contributed by atoms with Gasteiger partial charge in [0.1, 0.15) is 0 Å². The minimum atomic E-state index is -0.0650. The first-order chi connectivity index (χ1) is 9.65. The Balaban J connectivity index is 0.00000161. The van der Waals surface area contributed by atoms with Gasteiger partial charge in [-0.05, 0) is 37.5 Å². The molecule has 0 saturated heterocycles. The first kappa shape index (κ1) is 15.9. The van der Waals surface area contributed by atoms with E-state index < -0.39 is 0 Å². The predicted molar refractivity (Wildman–Crippen MR) is 81.7 cm³/mol. The molecule has 0 aromatic heterocycles. The van der Waals surface area contributed by atoms with Gasteiger partial charge < -0.3 is 20.5 Å². The summed E-state index contributed by atoms with van der Waals surface area (Å²) in [4.78, 5) is 12.2. The summed E-state index contributed by atoms with van der Waals surface area (Å²) in [6.45, 7) is 2.23. The van der Waals surface area contributed by atoms with Gasteiger partial charge in [-0.2, -0.15) is 0 Å². The summed E-state index contributed by atoms with van der Waals surface area (Å²) in [5.74, 6) is 1.50. The topological polar surface area (TPSA) is 73.6 Å². The highest BCUT2D eigenvalue weighted by Crippen LogP contribution is 2.34. The predicted octanol–water partition coefficient (Wildman–Crippen LogP) is 2.14. The summed E-state index contributed by atoms with van der Waals surface area (Å²) in [5.41, 5.74) is 6.98. The van der Waals surface area contributed by atoms with Crippen LogP contribution in [0.2, 0.25) is 0 Å². The second-order valence-corrected chi connectivity index (χ2v) is 5.54. The summed E-state index contributed by atoms with van der Waals surface area (Å²) in [7, 11) is 0. The molecule has 1 aliphatic heterocycles. The molecule has 3 N–H and O–H groups in total. The second kappa shape index (κ2) is 6.54. The molecule has 1 amide bonds. The molecule has 116 valence electrons. The number of fused-ring (bicyclic) bond motifs is 1. The molecule has 1 aromatic rings. The third kappa shape index (κ3) is 3.24. The first-order valence-corrected chi connectivity index (χ1v) is 7.10. The van der Waals surface area contributed by atoms with Gasteiger partial charge in [0.25, 0.3) is 0 Å². The van der Waals surface area contributed by atoms with Gasteiger partial charge in [0, 0.05) is 6.04 Å². The lowest BCUT2D eigenvalue weighted by Crippen LogP contribution is -2.39. The summed E-state index contributed by atoms with van der Waals surface area (Å²) in [5, 5.41) is 3.04. The van der Waals surface area contributed by atoms with Crippen LogP contribution in [-0.4, -0.2) is 18.7 Å². The van der Waals surface area contributed by atoms with Crippen LogP contribution in [0.25, 0.3) is 0 Å². The number of ether oxygens (including phenoxy) is 2. The summed E-state index contributed by atoms with van der Waals surface area (Å²) >= 11 is 0. The highest BCUT2D eigenvalue weighted by molar-refractivity contribution is 5.85. The van der Waals surface area contributed by atoms with Crippen LogP contribution in [0.1, 0.15) is 37.8 Å². The largest absolute Gasteiger partial charge is 0.454 e. The third-order valence-electron chi connectivity index (χ3n) is 4.16. The number of hydrogen-bond donors (Lipinski definition) is 2. The molecule has 1 aromatic carbocycles. The van der Waals surface area contributed by atoms with Gasteiger partial charge in [-0.3, -0.25) is 4.79 Å². The summed E-state index contributed by atoms with van der Waals surface area (Å²) in [6, 6.07) is 5.68. The lowest BCUT2D eigenvalue weighted by Gasteiger charge is -2.20. The Kier molecular flexibility index (Phi) is 4.96. The van der Waals surface area contributed by atoms with Crippen molar-refractivity contribution in [3.63, 3.8) is 0 Å². The van der Waals surface area contributed by atoms with Crippen molar-refractivity contribution in [2.75, 3.05) is 6.79 Å². The number of halogens is 1. The monoisotopic (exact) mass is 312 g/mol. The Morgan fingerprint density at radius 1 is 1.33 bits per heavy atom. The zero-order chi connectivity index (χ0) is 14.1. The maximum atomic E-state index is 12.2. The Morgan fingerprint density at radius 3 is 2.81 bits per heavy atom. The molecule has 1 saturated carbocycles. The fourth-order valence-electron chi connectivity index (χ4n) is 2.90. The Bertz CT molecular complexity index is 524. The standard InChI is InChI=1S/C15H20N2O3.ClH/c1-9(17-15(18)11-3-2-4-12(11)16)10-5-6-13-14(7-10)20-8-19-13;/h5-7,9,11-12H,2-4,8,16H2,1H3,(H,17,18);1H. The van der Waals surface area contributed by atoms with Crippen LogP contribution in [-0.2, 0) is 4.79 Å². The second-order valence-electron chi connectivity index (χ2n) is 5.54. The van der Waals surface area contributed by atoms with Crippen LogP contribution >= 0.6 is 12.4 Å². The first-order valence-electron chi connectivity index (χ1n) is 7.10. The highest BCUT2D eigenvalue weighted by Gasteiger charge is 2.31. The van der Waals surface area contributed by atoms with Crippen LogP contribution in [0.3, 0.4) is 0 Å². The molecule has 5 nitrogen and oxygen atoms in total. The third-order valence-corrected chi connectivity index (χ3v) is 4.16. The average molecular weight is 313 g/mol. The Labute approximate surface area is 130 Å². The highest BCUT2D eigenvalue weighted by atomic mass is 35.5. The fraction of sp³-hybridized carbons (Fsp3) is 0.533. The van der Waals surface area contributed by atoms with Crippen molar-refractivity contribution in [2.24, 2.45) is 11.7 Å². The molecule has 0 radical (unpaired) electrons. The van der Waals surface area contributed by atoms with E-state index in [0.29, 0.717) is 0 Å². The van der Waals surface area contributed by atoms with Crippen LogP contribution in [0.4, 0.5) is 0 Å². The van der Waals surface area contributed by atoms with E-state index in [9.17, 15) is 4.79 Å². The van der Waals surface area contributed by atoms with Crippen LogP contribution in [0, 0.1) is 5.92 Å². The zero-order valence-electron chi connectivity index (χ0n) is 12.0. The van der Waals surface area contributed by atoms with E-state index in [4.69, 9.17) is 15.2 Å². The van der Waals surface area contributed by atoms with Crippen molar-refractivity contribution >= 4 is 18.3 Å². The molecule has 1 aliphatic carbocycles. The van der Waals surface area contributed by atoms with Gasteiger partial charge in [0.15, 0.2) is 11.5 Å². The average Bonchev–Trinajstić information content (AvgIpc) is 3.05. The molecule has 3 atom stereocenters. The normalized spacial score (nSPS) is 24.3. The quantitative estimate of drug-likeness (QED) is 0.897. The van der Waals surface area contributed by atoms with Crippen molar-refractivity contribution in [1.29, 1.82) is 0 Å². The Hall–Kier alpha value is -1.46. The fourth-order valence-corrected chi connectivity index (χ4v) is 2.90. The van der Waals surface area contributed by atoms with Gasteiger partial charge >= 0.3 is 0 Å². The molecule has 1 fully saturated rings. The van der Waals surface area contributed by atoms with Crippen LogP contribution in [0.15, 0.2) is 18.2 Å². The van der Waals surface area contributed by atoms with Gasteiger partial charge in [0.05, 0.1) is 12.0 Å². The molecule has 0 spiro atoms. The van der Waals surface area contributed by atoms with Gasteiger partial charge in [-0.25, -0.2) is 0 Å². The van der Waals surface area contributed by atoms with Crippen molar-refractivity contribution < 1.29 is 14.3 Å². The van der Waals surface area contributed by atoms with Crippen molar-refractivity contribution in [3.05, 3.63) is 23.8 Å². The van der Waals surface area contributed by atoms with E-state index in [1.807, 2.05) is 25.1 Å². The van der Waals surface area contributed by atoms with Crippen molar-refractivity contribution in [2.45, 2.75) is 38.3 Å². The minimum absolute atomic E-state index is 0. The number of hydrogen-bond acceptors (Lipinski definition) is 4. The summed E-state index contributed by atoms with van der Waals surface area (Å²) < 4.78 is 10.6. The molecule has 1 heterocycles. The maximum Gasteiger partial charge on any atom is 0.231 e. The molecule has 3 unspecified atom stereocenters. The lowest BCUT2D eigenvalue weighted by atomic mass is 10.0. The van der Waals surface area contributed by atoms with Gasteiger partial charge in [0.2, 0.25) is 12.7 Å². The molecule has 0 bridgehead atoms. The number of amides is 1. The maximum absolute atomic E-state index is 12.2. The van der Waals surface area contributed by atoms with Crippen LogP contribution < -0.4 is 20.5 Å². The number of nitrogens with one attached hydrogen (secondary N) is 1. The summed E-state index contributed by atoms with van der Waals surface area (Å²) in [6.07, 6.45) is 2.87. The Morgan fingerprint density at radius 2 is 2.10 bits per heavy atom. The number of benzene rings is 1. The molecule has 6 heteroatoms. The minimum Gasteiger partial charge on any atom is -0.454 e. The van der Waals surface area contributed by atoms with Crippen molar-refractivity contribution in [1.82, 2.24) is 5.32 Å². The van der Waals surface area contributed by atoms with E-state index in [1.165, 1.54) is 0 Å². The molecular formula is C15H21ClN2O3. The van der Waals surface area contributed by atoms with Crippen molar-refractivity contribution in [3.8, 4) is 11.5 Å². The van der Waals surface area contributed by atoms with E-state index in [-0.39, 0.29) is 43.1 Å². The lowest BCUT2D eigenvalue weighted by molar-refractivity contribution is -0.125. The van der Waals surface area contributed by atoms with E-state index in [1.54, 1.807) is 0 Å². The van der Waals surface area contributed by atoms with Gasteiger partial charge in [-0.15, -0.1) is 12.4 Å². The molecule has 2 aliphatic rings. The number of carbonyl (C=O) groups is 1. The molecular weight excluding hydrogens is 292 g/mol. The van der Waals surface area contributed by atoms with E-state index in [2.05, 4.69) is 5.32 Å².